The zero-order chi connectivity index (χ0) is 22.5. The Kier molecular flexibility index (Phi) is 6.65. The average molecular weight is 457 g/mol. The van der Waals surface area contributed by atoms with E-state index in [4.69, 9.17) is 0 Å². The molecule has 0 bridgehead atoms. The lowest BCUT2D eigenvalue weighted by Crippen LogP contribution is -2.40. The van der Waals surface area contributed by atoms with Gasteiger partial charge in [-0.1, -0.05) is 60.7 Å². The van der Waals surface area contributed by atoms with E-state index in [0.29, 0.717) is 18.2 Å². The lowest BCUT2D eigenvalue weighted by atomic mass is 9.96. The maximum absolute atomic E-state index is 12.7. The van der Waals surface area contributed by atoms with Gasteiger partial charge in [-0.3, -0.25) is 9.69 Å². The van der Waals surface area contributed by atoms with Crippen LogP contribution in [0.3, 0.4) is 0 Å². The number of para-hydroxylation sites is 1. The van der Waals surface area contributed by atoms with Gasteiger partial charge in [0.25, 0.3) is 5.91 Å². The van der Waals surface area contributed by atoms with Crippen LogP contribution in [0.25, 0.3) is 10.8 Å². The summed E-state index contributed by atoms with van der Waals surface area (Å²) in [6, 6.07) is 25.0. The number of rotatable bonds is 7. The van der Waals surface area contributed by atoms with E-state index in [1.54, 1.807) is 0 Å². The van der Waals surface area contributed by atoms with Gasteiger partial charge in [-0.05, 0) is 53.8 Å². The fraction of sp³-hybridized carbons (Fsp3) is 0.259. The van der Waals surface area contributed by atoms with E-state index in [0.717, 1.165) is 43.3 Å². The number of benzene rings is 3. The minimum atomic E-state index is -0.0986. The van der Waals surface area contributed by atoms with Crippen molar-refractivity contribution in [3.63, 3.8) is 0 Å². The van der Waals surface area contributed by atoms with Gasteiger partial charge in [0.15, 0.2) is 5.13 Å². The molecule has 1 aliphatic heterocycles. The van der Waals surface area contributed by atoms with Crippen molar-refractivity contribution in [3.05, 3.63) is 89.4 Å². The number of carbonyl (C=O) groups excluding carboxylic acids is 1. The third-order valence-corrected chi connectivity index (χ3v) is 6.95. The van der Waals surface area contributed by atoms with Crippen LogP contribution in [0.4, 0.5) is 10.8 Å². The summed E-state index contributed by atoms with van der Waals surface area (Å²) in [7, 11) is 0. The molecule has 5 rings (SSSR count). The Hall–Kier alpha value is -3.22. The summed E-state index contributed by atoms with van der Waals surface area (Å²) in [4.78, 5) is 19.6. The Morgan fingerprint density at radius 2 is 1.85 bits per heavy atom. The van der Waals surface area contributed by atoms with Gasteiger partial charge in [-0.25, -0.2) is 4.98 Å². The zero-order valence-corrected chi connectivity index (χ0v) is 19.4. The molecule has 1 aromatic heterocycles. The molecule has 1 amide bonds. The molecule has 0 saturated carbocycles. The summed E-state index contributed by atoms with van der Waals surface area (Å²) >= 11 is 1.45. The number of hydrogen-bond donors (Lipinski definition) is 2. The fourth-order valence-corrected chi connectivity index (χ4v) is 5.25. The second-order valence-electron chi connectivity index (χ2n) is 8.62. The number of anilines is 2. The quantitative estimate of drug-likeness (QED) is 0.376. The average Bonchev–Trinajstić information content (AvgIpc) is 3.32. The third kappa shape index (κ3) is 5.41. The molecule has 33 heavy (non-hydrogen) atoms. The van der Waals surface area contributed by atoms with Crippen LogP contribution in [-0.4, -0.2) is 35.4 Å². The molecule has 1 fully saturated rings. The normalized spacial score (nSPS) is 16.5. The van der Waals surface area contributed by atoms with Gasteiger partial charge in [0.05, 0.1) is 0 Å². The van der Waals surface area contributed by atoms with Crippen LogP contribution >= 0.6 is 11.3 Å². The highest BCUT2D eigenvalue weighted by Crippen LogP contribution is 2.24. The van der Waals surface area contributed by atoms with Crippen LogP contribution in [0.2, 0.25) is 0 Å². The van der Waals surface area contributed by atoms with Crippen LogP contribution in [0, 0.1) is 5.92 Å². The van der Waals surface area contributed by atoms with E-state index < -0.39 is 0 Å². The summed E-state index contributed by atoms with van der Waals surface area (Å²) in [5, 5.41) is 11.5. The Labute approximate surface area is 198 Å². The molecule has 4 aromatic rings. The fourth-order valence-electron chi connectivity index (χ4n) is 4.54. The molecule has 2 heterocycles. The highest BCUT2D eigenvalue weighted by Gasteiger charge is 2.21. The molecule has 1 aliphatic rings. The number of hydrogen-bond acceptors (Lipinski definition) is 5. The summed E-state index contributed by atoms with van der Waals surface area (Å²) in [6.07, 6.45) is 2.30. The van der Waals surface area contributed by atoms with E-state index in [-0.39, 0.29) is 5.91 Å². The first-order valence-electron chi connectivity index (χ1n) is 11.5. The second-order valence-corrected chi connectivity index (χ2v) is 9.48. The van der Waals surface area contributed by atoms with E-state index in [1.165, 1.54) is 27.7 Å². The van der Waals surface area contributed by atoms with Crippen molar-refractivity contribution in [1.29, 1.82) is 0 Å². The number of fused-ring (bicyclic) bond motifs is 1. The van der Waals surface area contributed by atoms with Crippen molar-refractivity contribution in [2.45, 2.75) is 19.4 Å². The Morgan fingerprint density at radius 1 is 1.03 bits per heavy atom. The monoisotopic (exact) mass is 456 g/mol. The Balaban J connectivity index is 1.15. The number of piperidine rings is 1. The third-order valence-electron chi connectivity index (χ3n) is 6.19. The number of aromatic nitrogens is 1. The molecule has 168 valence electrons. The van der Waals surface area contributed by atoms with Crippen LogP contribution in [0.5, 0.6) is 0 Å². The smallest absolute Gasteiger partial charge is 0.270 e. The summed E-state index contributed by atoms with van der Waals surface area (Å²) in [6.45, 7) is 3.74. The highest BCUT2D eigenvalue weighted by molar-refractivity contribution is 7.14. The molecule has 2 N–H and O–H groups in total. The topological polar surface area (TPSA) is 57.3 Å². The molecular weight excluding hydrogens is 428 g/mol. The first-order valence-corrected chi connectivity index (χ1v) is 12.4. The first-order chi connectivity index (χ1) is 16.2. The van der Waals surface area contributed by atoms with Crippen molar-refractivity contribution in [3.8, 4) is 0 Å². The van der Waals surface area contributed by atoms with Crippen molar-refractivity contribution >= 4 is 38.8 Å². The van der Waals surface area contributed by atoms with Gasteiger partial charge < -0.3 is 10.6 Å². The van der Waals surface area contributed by atoms with Crippen molar-refractivity contribution in [1.82, 2.24) is 15.2 Å². The Morgan fingerprint density at radius 3 is 2.76 bits per heavy atom. The van der Waals surface area contributed by atoms with Gasteiger partial charge in [0.2, 0.25) is 0 Å². The van der Waals surface area contributed by atoms with Crippen molar-refractivity contribution in [2.75, 3.05) is 25.0 Å². The van der Waals surface area contributed by atoms with E-state index >= 15 is 0 Å². The van der Waals surface area contributed by atoms with Crippen LogP contribution < -0.4 is 10.6 Å². The minimum absolute atomic E-state index is 0.0986. The van der Waals surface area contributed by atoms with Crippen molar-refractivity contribution in [2.24, 2.45) is 5.92 Å². The molecule has 1 saturated heterocycles. The summed E-state index contributed by atoms with van der Waals surface area (Å²) in [5.41, 5.74) is 2.81. The van der Waals surface area contributed by atoms with Crippen molar-refractivity contribution < 1.29 is 4.79 Å². The van der Waals surface area contributed by atoms with Gasteiger partial charge in [0, 0.05) is 30.7 Å². The van der Waals surface area contributed by atoms with E-state index in [2.05, 4.69) is 63.0 Å². The minimum Gasteiger partial charge on any atom is -0.350 e. The predicted molar refractivity (Wildman–Crippen MR) is 136 cm³/mol. The lowest BCUT2D eigenvalue weighted by Gasteiger charge is -2.33. The van der Waals surface area contributed by atoms with E-state index in [9.17, 15) is 4.79 Å². The standard InChI is InChI=1S/C27H28N4OS/c32-26(25-19-33-27(30-25)29-23-12-2-1-3-13-23)28-16-20-8-7-15-31(17-20)18-22-11-6-10-21-9-4-5-14-24(21)22/h1-6,9-14,19-20H,7-8,15-18H2,(H,28,32)(H,29,30)/t20-/m0/s1. The van der Waals surface area contributed by atoms with Gasteiger partial charge in [0.1, 0.15) is 5.69 Å². The van der Waals surface area contributed by atoms with Gasteiger partial charge in [-0.15, -0.1) is 11.3 Å². The second kappa shape index (κ2) is 10.1. The SMILES string of the molecule is O=C(NC[C@@H]1CCCN(Cc2cccc3ccccc23)C1)c1csc(Nc2ccccc2)n1. The maximum Gasteiger partial charge on any atom is 0.270 e. The Bertz CT molecular complexity index is 1220. The molecule has 6 heteroatoms. The molecule has 0 aliphatic carbocycles. The number of thiazole rings is 1. The van der Waals surface area contributed by atoms with Gasteiger partial charge in [-0.2, -0.15) is 0 Å². The lowest BCUT2D eigenvalue weighted by molar-refractivity contribution is 0.0926. The molecule has 5 nitrogen and oxygen atoms in total. The first kappa shape index (κ1) is 21.6. The van der Waals surface area contributed by atoms with Crippen LogP contribution in [0.1, 0.15) is 28.9 Å². The van der Waals surface area contributed by atoms with Crippen LogP contribution in [-0.2, 0) is 6.54 Å². The molecule has 0 unspecified atom stereocenters. The predicted octanol–water partition coefficient (Wildman–Crippen LogP) is 5.68. The molecule has 1 atom stereocenters. The molecule has 3 aromatic carbocycles. The largest absolute Gasteiger partial charge is 0.350 e. The molecule has 0 radical (unpaired) electrons. The number of likely N-dealkylation sites (tertiary alicyclic amines) is 1. The van der Waals surface area contributed by atoms with E-state index in [1.807, 2.05) is 35.7 Å². The number of nitrogens with zero attached hydrogens (tertiary/aromatic N) is 2. The van der Waals surface area contributed by atoms with Crippen LogP contribution in [0.15, 0.2) is 78.2 Å². The maximum atomic E-state index is 12.7. The molecule has 0 spiro atoms. The van der Waals surface area contributed by atoms with Gasteiger partial charge >= 0.3 is 0 Å². The summed E-state index contributed by atoms with van der Waals surface area (Å²) in [5.74, 6) is 0.358. The number of nitrogens with one attached hydrogen (secondary N) is 2. The highest BCUT2D eigenvalue weighted by atomic mass is 32.1. The number of carbonyl (C=O) groups is 1. The summed E-state index contributed by atoms with van der Waals surface area (Å²) < 4.78 is 0. The molecular formula is C27H28N4OS. The zero-order valence-electron chi connectivity index (χ0n) is 18.5. The number of amides is 1.